The maximum absolute atomic E-state index is 13.4. The van der Waals surface area contributed by atoms with E-state index in [1.54, 1.807) is 36.8 Å². The molecule has 0 saturated heterocycles. The molecule has 214 valence electrons. The fourth-order valence-electron chi connectivity index (χ4n) is 4.91. The molecule has 0 aliphatic heterocycles. The molecule has 1 heterocycles. The van der Waals surface area contributed by atoms with Gasteiger partial charge in [-0.2, -0.15) is 5.10 Å². The molecule has 0 N–H and O–H groups in total. The van der Waals surface area contributed by atoms with E-state index in [-0.39, 0.29) is 18.2 Å². The van der Waals surface area contributed by atoms with Gasteiger partial charge in [-0.05, 0) is 80.7 Å². The van der Waals surface area contributed by atoms with Crippen LogP contribution < -0.4 is 9.47 Å². The van der Waals surface area contributed by atoms with Gasteiger partial charge < -0.3 is 24.0 Å². The average molecular weight is 549 g/mol. The molecule has 3 aromatic rings. The molecule has 0 bridgehead atoms. The largest absolute Gasteiger partial charge is 0.496 e. The van der Waals surface area contributed by atoms with Crippen molar-refractivity contribution in [2.75, 3.05) is 54.1 Å². The standard InChI is InChI=1S/C31H40N4O5/c1-7-34(8-2)18-17-33(4)30(36)22-15-16-25(23(19-22)21-13-14-21)35-26(20-24(32-35)31(37)40-9-3)29-27(38-5)11-10-12-28(29)39-6/h10-12,15-16,19-21H,7-9,13-14,17-18H2,1-6H3. The number of aromatic nitrogens is 2. The van der Waals surface area contributed by atoms with E-state index in [9.17, 15) is 9.59 Å². The van der Waals surface area contributed by atoms with Crippen LogP contribution in [0.1, 0.15) is 65.9 Å². The van der Waals surface area contributed by atoms with Gasteiger partial charge in [-0.3, -0.25) is 4.79 Å². The summed E-state index contributed by atoms with van der Waals surface area (Å²) in [5, 5.41) is 4.70. The number of likely N-dealkylation sites (N-methyl/N-ethyl adjacent to an activating group) is 2. The molecule has 40 heavy (non-hydrogen) atoms. The Morgan fingerprint density at radius 1 is 0.975 bits per heavy atom. The topological polar surface area (TPSA) is 86.1 Å². The second kappa shape index (κ2) is 13.0. The normalized spacial score (nSPS) is 12.9. The van der Waals surface area contributed by atoms with Gasteiger partial charge in [-0.15, -0.1) is 0 Å². The van der Waals surface area contributed by atoms with Crippen LogP contribution >= 0.6 is 0 Å². The molecular formula is C31H40N4O5. The number of carbonyl (C=O) groups is 2. The summed E-state index contributed by atoms with van der Waals surface area (Å²) in [7, 11) is 5.04. The summed E-state index contributed by atoms with van der Waals surface area (Å²) >= 11 is 0. The molecule has 4 rings (SSSR count). The Labute approximate surface area is 236 Å². The second-order valence-electron chi connectivity index (χ2n) is 9.89. The van der Waals surface area contributed by atoms with Crippen molar-refractivity contribution in [1.82, 2.24) is 19.6 Å². The molecule has 1 aromatic heterocycles. The van der Waals surface area contributed by atoms with E-state index >= 15 is 0 Å². The lowest BCUT2D eigenvalue weighted by Crippen LogP contribution is -2.36. The molecular weight excluding hydrogens is 508 g/mol. The predicted molar refractivity (Wildman–Crippen MR) is 155 cm³/mol. The molecule has 9 heteroatoms. The van der Waals surface area contributed by atoms with Crippen LogP contribution in [-0.4, -0.2) is 85.5 Å². The van der Waals surface area contributed by atoms with E-state index in [4.69, 9.17) is 19.3 Å². The summed E-state index contributed by atoms with van der Waals surface area (Å²) in [6, 6.07) is 13.0. The number of rotatable bonds is 13. The quantitative estimate of drug-likeness (QED) is 0.277. The van der Waals surface area contributed by atoms with Crippen molar-refractivity contribution in [2.24, 2.45) is 0 Å². The zero-order chi connectivity index (χ0) is 28.8. The molecule has 0 atom stereocenters. The van der Waals surface area contributed by atoms with E-state index in [1.165, 1.54) is 0 Å². The maximum Gasteiger partial charge on any atom is 0.358 e. The zero-order valence-corrected chi connectivity index (χ0v) is 24.4. The molecule has 2 aromatic carbocycles. The van der Waals surface area contributed by atoms with Gasteiger partial charge in [-0.25, -0.2) is 9.48 Å². The first-order valence-corrected chi connectivity index (χ1v) is 14.0. The first kappa shape index (κ1) is 29.1. The third-order valence-corrected chi connectivity index (χ3v) is 7.39. The molecule has 0 radical (unpaired) electrons. The van der Waals surface area contributed by atoms with Gasteiger partial charge in [0.15, 0.2) is 5.69 Å². The molecule has 0 unspecified atom stereocenters. The van der Waals surface area contributed by atoms with E-state index in [0.29, 0.717) is 40.8 Å². The van der Waals surface area contributed by atoms with Gasteiger partial charge in [0.2, 0.25) is 0 Å². The van der Waals surface area contributed by atoms with Crippen LogP contribution in [0, 0.1) is 0 Å². The minimum Gasteiger partial charge on any atom is -0.496 e. The first-order chi connectivity index (χ1) is 19.4. The summed E-state index contributed by atoms with van der Waals surface area (Å²) in [5.74, 6) is 0.966. The second-order valence-corrected chi connectivity index (χ2v) is 9.89. The Bertz CT molecular complexity index is 1320. The lowest BCUT2D eigenvalue weighted by molar-refractivity contribution is 0.0518. The van der Waals surface area contributed by atoms with Crippen molar-refractivity contribution in [3.05, 3.63) is 59.3 Å². The molecule has 1 amide bonds. The smallest absolute Gasteiger partial charge is 0.358 e. The average Bonchev–Trinajstić information content (AvgIpc) is 3.74. The SMILES string of the molecule is CCOC(=O)c1cc(-c2c(OC)cccc2OC)n(-c2ccc(C(=O)N(C)CCN(CC)CC)cc2C2CC2)n1. The summed E-state index contributed by atoms with van der Waals surface area (Å²) < 4.78 is 18.4. The predicted octanol–water partition coefficient (Wildman–Crippen LogP) is 5.02. The number of hydrogen-bond donors (Lipinski definition) is 0. The van der Waals surface area contributed by atoms with Gasteiger partial charge in [0, 0.05) is 25.7 Å². The summed E-state index contributed by atoms with van der Waals surface area (Å²) in [4.78, 5) is 30.2. The molecule has 1 aliphatic carbocycles. The summed E-state index contributed by atoms with van der Waals surface area (Å²) in [6.07, 6.45) is 2.06. The number of methoxy groups -OCH3 is 2. The minimum absolute atomic E-state index is 0.0140. The highest BCUT2D eigenvalue weighted by Crippen LogP contribution is 2.45. The van der Waals surface area contributed by atoms with Crippen molar-refractivity contribution < 1.29 is 23.8 Å². The number of hydrogen-bond acceptors (Lipinski definition) is 7. The van der Waals surface area contributed by atoms with Crippen LogP contribution in [0.3, 0.4) is 0 Å². The van der Waals surface area contributed by atoms with Gasteiger partial charge >= 0.3 is 5.97 Å². The highest BCUT2D eigenvalue weighted by molar-refractivity contribution is 5.95. The maximum atomic E-state index is 13.4. The molecule has 1 saturated carbocycles. The third kappa shape index (κ3) is 6.14. The van der Waals surface area contributed by atoms with Crippen molar-refractivity contribution in [1.29, 1.82) is 0 Å². The van der Waals surface area contributed by atoms with Crippen LogP contribution in [0.2, 0.25) is 0 Å². The van der Waals surface area contributed by atoms with E-state index < -0.39 is 5.97 Å². The van der Waals surface area contributed by atoms with Crippen LogP contribution in [-0.2, 0) is 4.74 Å². The highest BCUT2D eigenvalue weighted by atomic mass is 16.5. The number of esters is 1. The fourth-order valence-corrected chi connectivity index (χ4v) is 4.91. The van der Waals surface area contributed by atoms with Crippen LogP contribution in [0.5, 0.6) is 11.5 Å². The van der Waals surface area contributed by atoms with Gasteiger partial charge in [0.05, 0.1) is 37.8 Å². The highest BCUT2D eigenvalue weighted by Gasteiger charge is 2.31. The zero-order valence-electron chi connectivity index (χ0n) is 24.4. The van der Waals surface area contributed by atoms with E-state index in [0.717, 1.165) is 43.7 Å². The number of carbonyl (C=O) groups excluding carboxylic acids is 2. The molecule has 0 spiro atoms. The fraction of sp³-hybridized carbons (Fsp3) is 0.452. The van der Waals surface area contributed by atoms with Crippen molar-refractivity contribution in [3.63, 3.8) is 0 Å². The molecule has 9 nitrogen and oxygen atoms in total. The number of amides is 1. The van der Waals surface area contributed by atoms with Crippen molar-refractivity contribution >= 4 is 11.9 Å². The van der Waals surface area contributed by atoms with Crippen molar-refractivity contribution in [2.45, 2.75) is 39.5 Å². The lowest BCUT2D eigenvalue weighted by atomic mass is 10.0. The third-order valence-electron chi connectivity index (χ3n) is 7.39. The number of benzene rings is 2. The Kier molecular flexibility index (Phi) is 9.47. The Morgan fingerprint density at radius 2 is 1.65 bits per heavy atom. The molecule has 1 aliphatic rings. The number of nitrogens with zero attached hydrogens (tertiary/aromatic N) is 4. The molecule has 1 fully saturated rings. The summed E-state index contributed by atoms with van der Waals surface area (Å²) in [5.41, 5.74) is 3.97. The van der Waals surface area contributed by atoms with Crippen LogP contribution in [0.25, 0.3) is 16.9 Å². The van der Waals surface area contributed by atoms with Crippen LogP contribution in [0.15, 0.2) is 42.5 Å². The monoisotopic (exact) mass is 548 g/mol. The number of ether oxygens (including phenoxy) is 3. The van der Waals surface area contributed by atoms with Gasteiger partial charge in [-0.1, -0.05) is 19.9 Å². The van der Waals surface area contributed by atoms with E-state index in [1.807, 2.05) is 43.4 Å². The Balaban J connectivity index is 1.80. The lowest BCUT2D eigenvalue weighted by Gasteiger charge is -2.23. The van der Waals surface area contributed by atoms with Crippen molar-refractivity contribution in [3.8, 4) is 28.4 Å². The van der Waals surface area contributed by atoms with Crippen LogP contribution in [0.4, 0.5) is 0 Å². The van der Waals surface area contributed by atoms with E-state index in [2.05, 4.69) is 18.7 Å². The van der Waals surface area contributed by atoms with Gasteiger partial charge in [0.25, 0.3) is 5.91 Å². The first-order valence-electron chi connectivity index (χ1n) is 14.0. The Morgan fingerprint density at radius 3 is 2.23 bits per heavy atom. The summed E-state index contributed by atoms with van der Waals surface area (Å²) in [6.45, 7) is 9.65. The Hall–Kier alpha value is -3.85. The minimum atomic E-state index is -0.508. The van der Waals surface area contributed by atoms with Gasteiger partial charge in [0.1, 0.15) is 11.5 Å².